The number of hydrogen-bond acceptors (Lipinski definition) is 7. The van der Waals surface area contributed by atoms with Gasteiger partial charge in [-0.25, -0.2) is 9.97 Å². The number of allylic oxidation sites excluding steroid dienone is 3. The zero-order valence-electron chi connectivity index (χ0n) is 28.0. The van der Waals surface area contributed by atoms with Gasteiger partial charge in [-0.1, -0.05) is 57.7 Å². The van der Waals surface area contributed by atoms with E-state index in [0.29, 0.717) is 25.0 Å². The highest BCUT2D eigenvalue weighted by Crippen LogP contribution is 2.36. The Bertz CT molecular complexity index is 1670. The van der Waals surface area contributed by atoms with E-state index in [0.717, 1.165) is 59.4 Å². The minimum absolute atomic E-state index is 0.0362. The van der Waals surface area contributed by atoms with Crippen LogP contribution in [0.2, 0.25) is 0 Å². The molecule has 1 saturated carbocycles. The van der Waals surface area contributed by atoms with Crippen molar-refractivity contribution >= 4 is 23.6 Å². The van der Waals surface area contributed by atoms with Gasteiger partial charge >= 0.3 is 5.97 Å². The number of carbonyl (C=O) groups excluding carboxylic acids is 3. The maximum Gasteiger partial charge on any atom is 0.310 e. The number of aromatic nitrogens is 2. The third-order valence-corrected chi connectivity index (χ3v) is 8.81. The van der Waals surface area contributed by atoms with Crippen molar-refractivity contribution in [3.63, 3.8) is 0 Å². The highest BCUT2D eigenvalue weighted by atomic mass is 16.4. The Kier molecular flexibility index (Phi) is 11.6. The van der Waals surface area contributed by atoms with Gasteiger partial charge in [-0.3, -0.25) is 19.2 Å². The summed E-state index contributed by atoms with van der Waals surface area (Å²) in [6, 6.07) is 7.26. The van der Waals surface area contributed by atoms with E-state index in [2.05, 4.69) is 44.2 Å². The summed E-state index contributed by atoms with van der Waals surface area (Å²) in [5.41, 5.74) is 7.70. The fraction of sp³-hybridized carbons (Fsp3) is 0.405. The molecule has 47 heavy (non-hydrogen) atoms. The number of amides is 2. The second-order valence-corrected chi connectivity index (χ2v) is 11.7. The lowest BCUT2D eigenvalue weighted by molar-refractivity contribution is -0.139. The maximum absolute atomic E-state index is 13.1. The highest BCUT2D eigenvalue weighted by molar-refractivity contribution is 6.19. The van der Waals surface area contributed by atoms with Gasteiger partial charge in [-0.15, -0.1) is 0 Å². The Morgan fingerprint density at radius 1 is 1.11 bits per heavy atom. The molecule has 1 aromatic heterocycles. The van der Waals surface area contributed by atoms with Crippen LogP contribution in [-0.4, -0.2) is 56.1 Å². The number of rotatable bonds is 9. The first kappa shape index (κ1) is 35.0. The first-order valence-corrected chi connectivity index (χ1v) is 16.4. The molecule has 2 unspecified atom stereocenters. The lowest BCUT2D eigenvalue weighted by Crippen LogP contribution is -2.36. The minimum Gasteiger partial charge on any atom is -0.481 e. The van der Waals surface area contributed by atoms with Crippen LogP contribution >= 0.6 is 0 Å². The van der Waals surface area contributed by atoms with Crippen LogP contribution in [0.15, 0.2) is 77.3 Å². The number of Topliss-reactive ketones (excluding diaryl/α,β-unsaturated/α-hetero) is 1. The number of aryl methyl sites for hydroxylation is 1. The lowest BCUT2D eigenvalue weighted by atomic mass is 9.84. The average molecular weight is 640 g/mol. The second-order valence-electron chi connectivity index (χ2n) is 11.7. The predicted molar refractivity (Wildman–Crippen MR) is 180 cm³/mol. The van der Waals surface area contributed by atoms with E-state index in [1.807, 2.05) is 39.8 Å². The number of carboxylic acid groups (broad SMARTS) is 1. The van der Waals surface area contributed by atoms with Crippen LogP contribution in [-0.2, 0) is 29.1 Å². The van der Waals surface area contributed by atoms with Gasteiger partial charge in [0, 0.05) is 31.3 Å². The maximum atomic E-state index is 13.1. The molecule has 2 atom stereocenters. The van der Waals surface area contributed by atoms with Crippen molar-refractivity contribution in [1.82, 2.24) is 25.5 Å². The smallest absolute Gasteiger partial charge is 0.310 e. The molecule has 1 fully saturated rings. The summed E-state index contributed by atoms with van der Waals surface area (Å²) in [7, 11) is 0. The summed E-state index contributed by atoms with van der Waals surface area (Å²) in [5, 5.41) is 15.1. The minimum atomic E-state index is -0.900. The zero-order chi connectivity index (χ0) is 34.2. The molecular formula is C37H45N5O5. The van der Waals surface area contributed by atoms with Crippen molar-refractivity contribution in [2.75, 3.05) is 6.54 Å². The van der Waals surface area contributed by atoms with E-state index < -0.39 is 23.7 Å². The number of fused-ring (bicyclic) bond motifs is 1. The first-order valence-electron chi connectivity index (χ1n) is 16.4. The number of benzene rings is 1. The molecule has 10 heteroatoms. The van der Waals surface area contributed by atoms with E-state index in [9.17, 15) is 24.3 Å². The van der Waals surface area contributed by atoms with Crippen LogP contribution in [0.25, 0.3) is 0 Å². The fourth-order valence-corrected chi connectivity index (χ4v) is 6.35. The first-order chi connectivity index (χ1) is 22.6. The summed E-state index contributed by atoms with van der Waals surface area (Å²) in [6.07, 6.45) is 8.77. The molecule has 2 heterocycles. The molecule has 1 aromatic carbocycles. The number of aliphatic carboxylic acids is 1. The van der Waals surface area contributed by atoms with E-state index in [4.69, 9.17) is 0 Å². The largest absolute Gasteiger partial charge is 0.481 e. The third-order valence-electron chi connectivity index (χ3n) is 8.81. The van der Waals surface area contributed by atoms with E-state index in [1.165, 1.54) is 18.0 Å². The number of nitrogens with zero attached hydrogens (tertiary/aromatic N) is 3. The number of nitrogens with one attached hydrogen (secondary N) is 2. The normalized spacial score (nSPS) is 19.8. The number of carboxylic acids is 1. The van der Waals surface area contributed by atoms with Crippen molar-refractivity contribution < 1.29 is 24.3 Å². The molecule has 2 aromatic rings. The molecule has 248 valence electrons. The Labute approximate surface area is 276 Å². The molecule has 0 radical (unpaired) electrons. The highest BCUT2D eigenvalue weighted by Gasteiger charge is 2.35. The van der Waals surface area contributed by atoms with Crippen molar-refractivity contribution in [1.29, 1.82) is 0 Å². The summed E-state index contributed by atoms with van der Waals surface area (Å²) in [5.74, 6) is -2.36. The third kappa shape index (κ3) is 7.76. The van der Waals surface area contributed by atoms with Crippen molar-refractivity contribution in [2.45, 2.75) is 85.9 Å². The lowest BCUT2D eigenvalue weighted by Gasteiger charge is -2.34. The topological polar surface area (TPSA) is 142 Å². The number of carbonyl (C=O) groups is 4. The summed E-state index contributed by atoms with van der Waals surface area (Å²) in [4.78, 5) is 60.3. The van der Waals surface area contributed by atoms with Crippen molar-refractivity contribution in [3.05, 3.63) is 105 Å². The molecular weight excluding hydrogens is 594 g/mol. The standard InChI is InChI=1S/C35H39N5O5.C2H6/c1-5-26-21(4)32(41)31(26)40-13-7-8-23-10-9-22(15-25(23)18-40)17-36-33(42)29-16-30(38-19-37-29)34(43)39-28-12-11-24(27(28)6-2)14-20(3)35(44)45;1-2/h6,9-10,14-16,19-20,28H,4-5,7-8,11-13,17-18H2,1-3H3,(H,36,42)(H,39,43)(H,44,45);1-2H3/b24-14-,27-6+;. The van der Waals surface area contributed by atoms with Gasteiger partial charge in [0.05, 0.1) is 17.7 Å². The van der Waals surface area contributed by atoms with Crippen LogP contribution in [0.5, 0.6) is 0 Å². The van der Waals surface area contributed by atoms with Gasteiger partial charge in [0.15, 0.2) is 0 Å². The molecule has 3 N–H and O–H groups in total. The SMILES string of the molecule is C=C1C(=O)C(N2CCCc3ccc(CNC(=O)c4cc(C(=O)NC5CCC(=C/C(C)C(=O)O)/C5=C\C)ncn4)cc3C2)=C1CC.CC. The Hall–Kier alpha value is -4.86. The van der Waals surface area contributed by atoms with E-state index >= 15 is 0 Å². The van der Waals surface area contributed by atoms with Crippen LogP contribution in [0.4, 0.5) is 0 Å². The fourth-order valence-electron chi connectivity index (χ4n) is 6.35. The summed E-state index contributed by atoms with van der Waals surface area (Å²) < 4.78 is 0. The molecule has 10 nitrogen and oxygen atoms in total. The van der Waals surface area contributed by atoms with Crippen LogP contribution in [0.3, 0.4) is 0 Å². The predicted octanol–water partition coefficient (Wildman–Crippen LogP) is 5.47. The van der Waals surface area contributed by atoms with Gasteiger partial charge in [-0.05, 0) is 79.4 Å². The van der Waals surface area contributed by atoms with E-state index in [-0.39, 0.29) is 29.8 Å². The number of hydrogen-bond donors (Lipinski definition) is 3. The molecule has 5 rings (SSSR count). The van der Waals surface area contributed by atoms with Crippen LogP contribution < -0.4 is 10.6 Å². The van der Waals surface area contributed by atoms with Gasteiger partial charge in [0.2, 0.25) is 5.78 Å². The van der Waals surface area contributed by atoms with Crippen LogP contribution in [0.1, 0.15) is 98.0 Å². The Balaban J connectivity index is 0.00000245. The van der Waals surface area contributed by atoms with Crippen molar-refractivity contribution in [3.8, 4) is 0 Å². The molecule has 3 aliphatic rings. The summed E-state index contributed by atoms with van der Waals surface area (Å²) >= 11 is 0. The molecule has 2 aliphatic carbocycles. The second kappa shape index (κ2) is 15.6. The van der Waals surface area contributed by atoms with Crippen molar-refractivity contribution in [2.24, 2.45) is 5.92 Å². The van der Waals surface area contributed by atoms with Crippen LogP contribution in [0, 0.1) is 5.92 Å². The average Bonchev–Trinajstić information content (AvgIpc) is 3.33. The molecule has 0 spiro atoms. The van der Waals surface area contributed by atoms with E-state index in [1.54, 1.807) is 13.0 Å². The van der Waals surface area contributed by atoms with Gasteiger partial charge in [-0.2, -0.15) is 0 Å². The monoisotopic (exact) mass is 639 g/mol. The zero-order valence-corrected chi connectivity index (χ0v) is 28.0. The number of ketones is 1. The van der Waals surface area contributed by atoms with Gasteiger partial charge < -0.3 is 20.6 Å². The molecule has 0 bridgehead atoms. The Morgan fingerprint density at radius 2 is 1.83 bits per heavy atom. The quantitative estimate of drug-likeness (QED) is 0.307. The molecule has 0 saturated heterocycles. The Morgan fingerprint density at radius 3 is 2.51 bits per heavy atom. The summed E-state index contributed by atoms with van der Waals surface area (Å²) in [6.45, 7) is 15.2. The molecule has 1 aliphatic heterocycles. The molecule has 2 amide bonds. The van der Waals surface area contributed by atoms with Gasteiger partial charge in [0.1, 0.15) is 17.7 Å². The van der Waals surface area contributed by atoms with Gasteiger partial charge in [0.25, 0.3) is 11.8 Å².